The highest BCUT2D eigenvalue weighted by Crippen LogP contribution is 2.25. The Morgan fingerprint density at radius 1 is 1.28 bits per heavy atom. The molecule has 5 nitrogen and oxygen atoms in total. The number of nitrogens with zero attached hydrogens (tertiary/aromatic N) is 3. The fourth-order valence-corrected chi connectivity index (χ4v) is 2.73. The Bertz CT molecular complexity index is 989. The first-order valence-corrected chi connectivity index (χ1v) is 7.70. The number of nitriles is 1. The van der Waals surface area contributed by atoms with Crippen LogP contribution in [0.5, 0.6) is 0 Å². The van der Waals surface area contributed by atoms with Crippen LogP contribution in [0.3, 0.4) is 0 Å². The summed E-state index contributed by atoms with van der Waals surface area (Å²) < 4.78 is 14.4. The number of hydrogen-bond donors (Lipinski definition) is 1. The summed E-state index contributed by atoms with van der Waals surface area (Å²) in [6.07, 6.45) is 0. The van der Waals surface area contributed by atoms with Crippen LogP contribution in [0.4, 0.5) is 10.1 Å². The molecular formula is C18H12ClFN4O. The molecule has 0 bridgehead atoms. The van der Waals surface area contributed by atoms with Gasteiger partial charge < -0.3 is 5.32 Å². The molecule has 124 valence electrons. The summed E-state index contributed by atoms with van der Waals surface area (Å²) in [5.41, 5.74) is 2.10. The molecule has 7 heteroatoms. The van der Waals surface area contributed by atoms with Crippen LogP contribution in [-0.2, 0) is 0 Å². The zero-order valence-electron chi connectivity index (χ0n) is 13.1. The van der Waals surface area contributed by atoms with Gasteiger partial charge in [0, 0.05) is 5.69 Å². The number of rotatable bonds is 3. The zero-order chi connectivity index (χ0) is 18.0. The highest BCUT2D eigenvalue weighted by Gasteiger charge is 2.21. The maximum absolute atomic E-state index is 13.1. The second-order valence-corrected chi connectivity index (χ2v) is 5.64. The molecule has 0 aliphatic carbocycles. The normalized spacial score (nSPS) is 10.3. The fourth-order valence-electron chi connectivity index (χ4n) is 2.37. The standard InChI is InChI=1S/C18H12ClFN4O/c1-11-16(18(25)22-14-4-2-3-12(9-14)10-21)17(19)24(23-11)15-7-5-13(20)6-8-15/h2-9H,1H3,(H,22,25). The molecule has 0 spiro atoms. The molecule has 1 aromatic heterocycles. The Hall–Kier alpha value is -3.17. The number of hydrogen-bond acceptors (Lipinski definition) is 3. The predicted molar refractivity (Wildman–Crippen MR) is 92.4 cm³/mol. The molecule has 1 amide bonds. The lowest BCUT2D eigenvalue weighted by atomic mass is 10.2. The van der Waals surface area contributed by atoms with Crippen LogP contribution < -0.4 is 5.32 Å². The lowest BCUT2D eigenvalue weighted by Gasteiger charge is -2.06. The van der Waals surface area contributed by atoms with Gasteiger partial charge in [-0.25, -0.2) is 9.07 Å². The number of amides is 1. The van der Waals surface area contributed by atoms with Gasteiger partial charge in [0.25, 0.3) is 5.91 Å². The predicted octanol–water partition coefficient (Wildman–Crippen LogP) is 4.10. The lowest BCUT2D eigenvalue weighted by molar-refractivity contribution is 0.102. The van der Waals surface area contributed by atoms with Crippen molar-refractivity contribution in [3.63, 3.8) is 0 Å². The first-order valence-electron chi connectivity index (χ1n) is 7.32. The molecule has 3 aromatic rings. The van der Waals surface area contributed by atoms with Crippen molar-refractivity contribution in [3.8, 4) is 11.8 Å². The molecule has 1 heterocycles. The minimum atomic E-state index is -0.439. The van der Waals surface area contributed by atoms with Gasteiger partial charge >= 0.3 is 0 Å². The zero-order valence-corrected chi connectivity index (χ0v) is 13.9. The number of aryl methyl sites for hydroxylation is 1. The number of carbonyl (C=O) groups excluding carboxylic acids is 1. The summed E-state index contributed by atoms with van der Waals surface area (Å²) in [7, 11) is 0. The Kier molecular flexibility index (Phi) is 4.50. The van der Waals surface area contributed by atoms with Gasteiger partial charge in [-0.05, 0) is 49.4 Å². The fraction of sp³-hybridized carbons (Fsp3) is 0.0556. The summed E-state index contributed by atoms with van der Waals surface area (Å²) in [5.74, 6) is -0.815. The largest absolute Gasteiger partial charge is 0.322 e. The summed E-state index contributed by atoms with van der Waals surface area (Å²) in [6, 6.07) is 14.2. The van der Waals surface area contributed by atoms with Gasteiger partial charge in [-0.1, -0.05) is 17.7 Å². The quantitative estimate of drug-likeness (QED) is 0.769. The monoisotopic (exact) mass is 354 g/mol. The van der Waals surface area contributed by atoms with E-state index in [1.165, 1.54) is 28.9 Å². The third-order valence-corrected chi connectivity index (χ3v) is 3.90. The van der Waals surface area contributed by atoms with Crippen LogP contribution in [0.15, 0.2) is 48.5 Å². The molecule has 0 saturated heterocycles. The van der Waals surface area contributed by atoms with E-state index >= 15 is 0 Å². The van der Waals surface area contributed by atoms with E-state index in [1.54, 1.807) is 31.2 Å². The Labute approximate surface area is 148 Å². The third-order valence-electron chi connectivity index (χ3n) is 3.55. The van der Waals surface area contributed by atoms with Crippen molar-refractivity contribution in [2.75, 3.05) is 5.32 Å². The van der Waals surface area contributed by atoms with E-state index < -0.39 is 5.91 Å². The van der Waals surface area contributed by atoms with E-state index in [2.05, 4.69) is 10.4 Å². The molecule has 3 rings (SSSR count). The van der Waals surface area contributed by atoms with Gasteiger partial charge in [-0.2, -0.15) is 10.4 Å². The molecule has 25 heavy (non-hydrogen) atoms. The summed E-state index contributed by atoms with van der Waals surface area (Å²) >= 11 is 6.32. The first-order chi connectivity index (χ1) is 12.0. The van der Waals surface area contributed by atoms with Crippen LogP contribution >= 0.6 is 11.6 Å². The van der Waals surface area contributed by atoms with Crippen LogP contribution in [0.25, 0.3) is 5.69 Å². The summed E-state index contributed by atoms with van der Waals surface area (Å²) in [5, 5.41) is 16.0. The highest BCUT2D eigenvalue weighted by atomic mass is 35.5. The molecule has 2 aromatic carbocycles. The van der Waals surface area contributed by atoms with Crippen molar-refractivity contribution in [2.45, 2.75) is 6.92 Å². The highest BCUT2D eigenvalue weighted by molar-refractivity contribution is 6.34. The van der Waals surface area contributed by atoms with Crippen molar-refractivity contribution in [1.82, 2.24) is 9.78 Å². The summed E-state index contributed by atoms with van der Waals surface area (Å²) in [4.78, 5) is 12.6. The van der Waals surface area contributed by atoms with Crippen LogP contribution in [0.1, 0.15) is 21.6 Å². The lowest BCUT2D eigenvalue weighted by Crippen LogP contribution is -2.13. The van der Waals surface area contributed by atoms with Gasteiger partial charge in [-0.3, -0.25) is 4.79 Å². The topological polar surface area (TPSA) is 70.7 Å². The maximum Gasteiger partial charge on any atom is 0.260 e. The smallest absolute Gasteiger partial charge is 0.260 e. The van der Waals surface area contributed by atoms with Gasteiger partial charge in [0.15, 0.2) is 0 Å². The van der Waals surface area contributed by atoms with Gasteiger partial charge in [0.2, 0.25) is 0 Å². The molecule has 0 radical (unpaired) electrons. The van der Waals surface area contributed by atoms with Crippen LogP contribution in [-0.4, -0.2) is 15.7 Å². The number of nitrogens with one attached hydrogen (secondary N) is 1. The van der Waals surface area contributed by atoms with Gasteiger partial charge in [0.1, 0.15) is 16.5 Å². The van der Waals surface area contributed by atoms with E-state index in [9.17, 15) is 9.18 Å². The van der Waals surface area contributed by atoms with E-state index in [4.69, 9.17) is 16.9 Å². The molecule has 1 N–H and O–H groups in total. The van der Waals surface area contributed by atoms with Crippen LogP contribution in [0.2, 0.25) is 5.15 Å². The number of anilines is 1. The second-order valence-electron chi connectivity index (χ2n) is 5.29. The minimum absolute atomic E-state index is 0.123. The number of halogens is 2. The molecule has 0 aliphatic heterocycles. The minimum Gasteiger partial charge on any atom is -0.322 e. The van der Waals surface area contributed by atoms with Crippen molar-refractivity contribution in [3.05, 3.63) is 76.3 Å². The SMILES string of the molecule is Cc1nn(-c2ccc(F)cc2)c(Cl)c1C(=O)Nc1cccc(C#N)c1. The van der Waals surface area contributed by atoms with Crippen molar-refractivity contribution in [2.24, 2.45) is 0 Å². The maximum atomic E-state index is 13.1. The molecule has 0 atom stereocenters. The Morgan fingerprint density at radius 3 is 2.68 bits per heavy atom. The Balaban J connectivity index is 1.93. The van der Waals surface area contributed by atoms with Gasteiger partial charge in [-0.15, -0.1) is 0 Å². The molecule has 0 fully saturated rings. The average Bonchev–Trinajstić information content (AvgIpc) is 2.90. The average molecular weight is 355 g/mol. The van der Waals surface area contributed by atoms with Crippen molar-refractivity contribution in [1.29, 1.82) is 5.26 Å². The van der Waals surface area contributed by atoms with Gasteiger partial charge in [0.05, 0.1) is 23.0 Å². The first kappa shape index (κ1) is 16.7. The number of aromatic nitrogens is 2. The van der Waals surface area contributed by atoms with Crippen molar-refractivity contribution >= 4 is 23.2 Å². The Morgan fingerprint density at radius 2 is 2.00 bits per heavy atom. The van der Waals surface area contributed by atoms with E-state index in [0.29, 0.717) is 22.6 Å². The number of carbonyl (C=O) groups is 1. The van der Waals surface area contributed by atoms with Crippen molar-refractivity contribution < 1.29 is 9.18 Å². The van der Waals surface area contributed by atoms with E-state index in [0.717, 1.165) is 0 Å². The second kappa shape index (κ2) is 6.75. The third kappa shape index (κ3) is 3.37. The molecule has 0 saturated carbocycles. The molecular weight excluding hydrogens is 343 g/mol. The molecule has 0 aliphatic rings. The van der Waals surface area contributed by atoms with E-state index in [1.807, 2.05) is 6.07 Å². The molecule has 0 unspecified atom stereocenters. The number of benzene rings is 2. The van der Waals surface area contributed by atoms with Crippen LogP contribution in [0, 0.1) is 24.1 Å². The van der Waals surface area contributed by atoms with E-state index in [-0.39, 0.29) is 16.5 Å². The summed E-state index contributed by atoms with van der Waals surface area (Å²) in [6.45, 7) is 1.66.